The molecule has 1 aromatic carbocycles. The number of hydrogen-bond acceptors (Lipinski definition) is 5. The van der Waals surface area contributed by atoms with E-state index >= 15 is 0 Å². The van der Waals surface area contributed by atoms with Crippen molar-refractivity contribution in [2.45, 2.75) is 11.3 Å². The number of hydrogen-bond donors (Lipinski definition) is 3. The lowest BCUT2D eigenvalue weighted by Crippen LogP contribution is -2.14. The molecule has 16 heavy (non-hydrogen) atoms. The SMILES string of the molecule is Nc1ccc(OCCCO)c(S(N)(=O)=O)c1. The number of aliphatic hydroxyl groups is 1. The fourth-order valence-electron chi connectivity index (χ4n) is 1.11. The number of ether oxygens (including phenoxy) is 1. The van der Waals surface area contributed by atoms with Crippen LogP contribution in [0.1, 0.15) is 6.42 Å². The van der Waals surface area contributed by atoms with E-state index in [0.29, 0.717) is 12.1 Å². The first kappa shape index (κ1) is 12.8. The van der Waals surface area contributed by atoms with Crippen molar-refractivity contribution >= 4 is 15.7 Å². The third-order valence-electron chi connectivity index (χ3n) is 1.83. The van der Waals surface area contributed by atoms with Crippen molar-refractivity contribution in [3.05, 3.63) is 18.2 Å². The molecule has 0 aliphatic heterocycles. The summed E-state index contributed by atoms with van der Waals surface area (Å²) in [4.78, 5) is -0.148. The number of anilines is 1. The maximum absolute atomic E-state index is 11.2. The molecule has 0 spiro atoms. The molecule has 5 N–H and O–H groups in total. The Morgan fingerprint density at radius 3 is 2.62 bits per heavy atom. The number of aliphatic hydroxyl groups excluding tert-OH is 1. The highest BCUT2D eigenvalue weighted by molar-refractivity contribution is 7.89. The molecule has 0 fully saturated rings. The molecule has 0 unspecified atom stereocenters. The van der Waals surface area contributed by atoms with Gasteiger partial charge in [0.05, 0.1) is 6.61 Å². The lowest BCUT2D eigenvalue weighted by molar-refractivity contribution is 0.231. The van der Waals surface area contributed by atoms with Gasteiger partial charge in [0.15, 0.2) is 0 Å². The number of primary sulfonamides is 1. The van der Waals surface area contributed by atoms with Crippen LogP contribution in [0.4, 0.5) is 5.69 Å². The summed E-state index contributed by atoms with van der Waals surface area (Å²) in [6, 6.07) is 4.19. The Labute approximate surface area is 93.9 Å². The van der Waals surface area contributed by atoms with Crippen LogP contribution in [0, 0.1) is 0 Å². The van der Waals surface area contributed by atoms with Crippen LogP contribution in [-0.2, 0) is 10.0 Å². The molecule has 0 saturated heterocycles. The van der Waals surface area contributed by atoms with E-state index in [2.05, 4.69) is 0 Å². The summed E-state index contributed by atoms with van der Waals surface area (Å²) >= 11 is 0. The van der Waals surface area contributed by atoms with Crippen LogP contribution < -0.4 is 15.6 Å². The molecule has 1 rings (SSSR count). The Kier molecular flexibility index (Phi) is 4.11. The second-order valence-electron chi connectivity index (χ2n) is 3.18. The van der Waals surface area contributed by atoms with E-state index in [1.54, 1.807) is 0 Å². The van der Waals surface area contributed by atoms with Crippen molar-refractivity contribution in [2.24, 2.45) is 5.14 Å². The van der Waals surface area contributed by atoms with E-state index in [0.717, 1.165) is 0 Å². The van der Waals surface area contributed by atoms with Crippen LogP contribution in [0.3, 0.4) is 0 Å². The normalized spacial score (nSPS) is 11.4. The number of nitrogens with two attached hydrogens (primary N) is 2. The van der Waals surface area contributed by atoms with Gasteiger partial charge >= 0.3 is 0 Å². The maximum atomic E-state index is 11.2. The van der Waals surface area contributed by atoms with Crippen molar-refractivity contribution in [3.8, 4) is 5.75 Å². The molecule has 6 nitrogen and oxygen atoms in total. The highest BCUT2D eigenvalue weighted by atomic mass is 32.2. The number of nitrogen functional groups attached to an aromatic ring is 1. The zero-order valence-corrected chi connectivity index (χ0v) is 9.40. The van der Waals surface area contributed by atoms with Gasteiger partial charge in [-0.05, 0) is 18.2 Å². The summed E-state index contributed by atoms with van der Waals surface area (Å²) in [6.07, 6.45) is 0.411. The second-order valence-corrected chi connectivity index (χ2v) is 4.71. The molecule has 0 atom stereocenters. The van der Waals surface area contributed by atoms with Gasteiger partial charge in [-0.1, -0.05) is 0 Å². The largest absolute Gasteiger partial charge is 0.492 e. The van der Waals surface area contributed by atoms with Gasteiger partial charge in [0, 0.05) is 18.7 Å². The molecule has 0 bridgehead atoms. The minimum Gasteiger partial charge on any atom is -0.492 e. The van der Waals surface area contributed by atoms with Crippen LogP contribution in [0.5, 0.6) is 5.75 Å². The van der Waals surface area contributed by atoms with Crippen molar-refractivity contribution < 1.29 is 18.3 Å². The van der Waals surface area contributed by atoms with Gasteiger partial charge < -0.3 is 15.6 Å². The number of sulfonamides is 1. The zero-order valence-electron chi connectivity index (χ0n) is 8.59. The van der Waals surface area contributed by atoms with Gasteiger partial charge in [-0.25, -0.2) is 13.6 Å². The molecule has 0 aliphatic carbocycles. The summed E-state index contributed by atoms with van der Waals surface area (Å²) in [5, 5.41) is 13.6. The fourth-order valence-corrected chi connectivity index (χ4v) is 1.82. The highest BCUT2D eigenvalue weighted by Crippen LogP contribution is 2.25. The molecule has 0 aromatic heterocycles. The van der Waals surface area contributed by atoms with Crippen LogP contribution in [0.2, 0.25) is 0 Å². The Bertz CT molecular complexity index is 459. The fraction of sp³-hybridized carbons (Fsp3) is 0.333. The van der Waals surface area contributed by atoms with Crippen molar-refractivity contribution in [1.29, 1.82) is 0 Å². The van der Waals surface area contributed by atoms with Crippen LogP contribution in [-0.4, -0.2) is 26.7 Å². The predicted octanol–water partition coefficient (Wildman–Crippen LogP) is -0.323. The first-order chi connectivity index (χ1) is 7.45. The van der Waals surface area contributed by atoms with Crippen molar-refractivity contribution in [2.75, 3.05) is 18.9 Å². The van der Waals surface area contributed by atoms with Crippen LogP contribution in [0.15, 0.2) is 23.1 Å². The first-order valence-electron chi connectivity index (χ1n) is 4.61. The lowest BCUT2D eigenvalue weighted by Gasteiger charge is -2.10. The van der Waals surface area contributed by atoms with E-state index in [1.807, 2.05) is 0 Å². The van der Waals surface area contributed by atoms with Gasteiger partial charge in [0.2, 0.25) is 10.0 Å². The van der Waals surface area contributed by atoms with Gasteiger partial charge in [0.1, 0.15) is 10.6 Å². The monoisotopic (exact) mass is 246 g/mol. The summed E-state index contributed by atoms with van der Waals surface area (Å²) in [5.74, 6) is 0.144. The average Bonchev–Trinajstić information content (AvgIpc) is 2.19. The molecule has 7 heteroatoms. The predicted molar refractivity (Wildman–Crippen MR) is 59.4 cm³/mol. The van der Waals surface area contributed by atoms with Gasteiger partial charge in [-0.3, -0.25) is 0 Å². The quantitative estimate of drug-likeness (QED) is 0.486. The zero-order chi connectivity index (χ0) is 12.2. The summed E-state index contributed by atoms with van der Waals surface area (Å²) in [6.45, 7) is 0.183. The molecule has 1 aromatic rings. The van der Waals surface area contributed by atoms with Gasteiger partial charge in [0.25, 0.3) is 0 Å². The van der Waals surface area contributed by atoms with Gasteiger partial charge in [-0.2, -0.15) is 0 Å². The first-order valence-corrected chi connectivity index (χ1v) is 6.16. The van der Waals surface area contributed by atoms with Crippen LogP contribution in [0.25, 0.3) is 0 Å². The van der Waals surface area contributed by atoms with E-state index in [4.69, 9.17) is 20.7 Å². The van der Waals surface area contributed by atoms with E-state index in [-0.39, 0.29) is 23.9 Å². The molecule has 0 amide bonds. The Morgan fingerprint density at radius 1 is 1.38 bits per heavy atom. The third-order valence-corrected chi connectivity index (χ3v) is 2.77. The number of rotatable bonds is 5. The molecular formula is C9H14N2O4S. The number of benzene rings is 1. The summed E-state index contributed by atoms with van der Waals surface area (Å²) < 4.78 is 27.6. The molecule has 0 radical (unpaired) electrons. The lowest BCUT2D eigenvalue weighted by atomic mass is 10.3. The second kappa shape index (κ2) is 5.15. The van der Waals surface area contributed by atoms with Crippen molar-refractivity contribution in [1.82, 2.24) is 0 Å². The minimum absolute atomic E-state index is 0.0281. The maximum Gasteiger partial charge on any atom is 0.241 e. The van der Waals surface area contributed by atoms with Crippen LogP contribution >= 0.6 is 0 Å². The molecule has 0 heterocycles. The standard InChI is InChI=1S/C9H14N2O4S/c10-7-2-3-8(15-5-1-4-12)9(6-7)16(11,13)14/h2-3,6,12H,1,4-5,10H2,(H2,11,13,14). The Morgan fingerprint density at radius 2 is 2.06 bits per heavy atom. The minimum atomic E-state index is -3.86. The Balaban J connectivity index is 2.99. The van der Waals surface area contributed by atoms with E-state index in [1.165, 1.54) is 18.2 Å². The molecule has 0 saturated carbocycles. The van der Waals surface area contributed by atoms with E-state index in [9.17, 15) is 8.42 Å². The molecule has 0 aliphatic rings. The van der Waals surface area contributed by atoms with Gasteiger partial charge in [-0.15, -0.1) is 0 Å². The summed E-state index contributed by atoms with van der Waals surface area (Å²) in [7, 11) is -3.86. The topological polar surface area (TPSA) is 116 Å². The summed E-state index contributed by atoms with van der Waals surface area (Å²) in [5.41, 5.74) is 5.75. The Hall–Kier alpha value is -1.31. The molecule has 90 valence electrons. The average molecular weight is 246 g/mol. The highest BCUT2D eigenvalue weighted by Gasteiger charge is 2.15. The van der Waals surface area contributed by atoms with Crippen molar-refractivity contribution in [3.63, 3.8) is 0 Å². The molecular weight excluding hydrogens is 232 g/mol. The smallest absolute Gasteiger partial charge is 0.241 e. The van der Waals surface area contributed by atoms with E-state index < -0.39 is 10.0 Å². The third kappa shape index (κ3) is 3.37.